The van der Waals surface area contributed by atoms with E-state index in [4.69, 9.17) is 4.74 Å². The molecule has 1 amide bonds. The lowest BCUT2D eigenvalue weighted by molar-refractivity contribution is -0.122. The minimum atomic E-state index is -0.268. The van der Waals surface area contributed by atoms with Crippen molar-refractivity contribution >= 4 is 18.3 Å². The van der Waals surface area contributed by atoms with Crippen LogP contribution in [0.4, 0.5) is 4.39 Å². The molecule has 2 unspecified atom stereocenters. The Labute approximate surface area is 148 Å². The number of rotatable bonds is 7. The molecule has 134 valence electrons. The zero-order valence-corrected chi connectivity index (χ0v) is 14.6. The second-order valence-corrected chi connectivity index (χ2v) is 6.69. The fraction of sp³-hybridized carbons (Fsp3) is 0.611. The van der Waals surface area contributed by atoms with Crippen molar-refractivity contribution < 1.29 is 13.9 Å². The summed E-state index contributed by atoms with van der Waals surface area (Å²) in [5, 5.41) is 6.58. The summed E-state index contributed by atoms with van der Waals surface area (Å²) in [5.74, 6) is 1.07. The van der Waals surface area contributed by atoms with Gasteiger partial charge in [0.2, 0.25) is 5.91 Å². The van der Waals surface area contributed by atoms with Crippen molar-refractivity contribution in [2.24, 2.45) is 5.92 Å². The first-order valence-corrected chi connectivity index (χ1v) is 8.60. The highest BCUT2D eigenvalue weighted by molar-refractivity contribution is 5.85. The molecule has 2 saturated heterocycles. The van der Waals surface area contributed by atoms with Crippen LogP contribution < -0.4 is 15.4 Å². The van der Waals surface area contributed by atoms with Gasteiger partial charge in [-0.05, 0) is 62.3 Å². The van der Waals surface area contributed by atoms with Crippen LogP contribution in [0.1, 0.15) is 38.5 Å². The molecule has 1 aromatic carbocycles. The van der Waals surface area contributed by atoms with E-state index in [9.17, 15) is 9.18 Å². The van der Waals surface area contributed by atoms with Crippen molar-refractivity contribution in [1.82, 2.24) is 10.6 Å². The molecule has 2 heterocycles. The lowest BCUT2D eigenvalue weighted by Gasteiger charge is -2.28. The van der Waals surface area contributed by atoms with Crippen LogP contribution >= 0.6 is 12.4 Å². The van der Waals surface area contributed by atoms with Gasteiger partial charge >= 0.3 is 0 Å². The minimum Gasteiger partial charge on any atom is -0.494 e. The van der Waals surface area contributed by atoms with Gasteiger partial charge in [-0.25, -0.2) is 4.39 Å². The Balaban J connectivity index is 0.00000208. The summed E-state index contributed by atoms with van der Waals surface area (Å²) in [6, 6.07) is 7.25. The second kappa shape index (κ2) is 9.23. The van der Waals surface area contributed by atoms with Crippen LogP contribution in [0.3, 0.4) is 0 Å². The summed E-state index contributed by atoms with van der Waals surface area (Å²) >= 11 is 0. The lowest BCUT2D eigenvalue weighted by Crippen LogP contribution is -2.39. The zero-order valence-electron chi connectivity index (χ0n) is 13.8. The van der Waals surface area contributed by atoms with Crippen LogP contribution in [0, 0.1) is 11.7 Å². The number of hydrogen-bond donors (Lipinski definition) is 2. The van der Waals surface area contributed by atoms with Crippen LogP contribution in [0.2, 0.25) is 0 Å². The van der Waals surface area contributed by atoms with E-state index in [1.54, 1.807) is 12.1 Å². The third-order valence-corrected chi connectivity index (χ3v) is 4.77. The van der Waals surface area contributed by atoms with Gasteiger partial charge in [0, 0.05) is 25.0 Å². The van der Waals surface area contributed by atoms with Crippen molar-refractivity contribution in [2.75, 3.05) is 13.2 Å². The molecule has 0 aromatic heterocycles. The molecule has 2 N–H and O–H groups in total. The highest BCUT2D eigenvalue weighted by Crippen LogP contribution is 2.32. The number of halogens is 2. The average molecular weight is 357 g/mol. The normalized spacial score (nSPS) is 25.0. The van der Waals surface area contributed by atoms with Crippen molar-refractivity contribution in [2.45, 2.75) is 50.6 Å². The summed E-state index contributed by atoms with van der Waals surface area (Å²) in [6.45, 7) is 1.14. The van der Waals surface area contributed by atoms with Gasteiger partial charge in [0.15, 0.2) is 0 Å². The molecule has 0 spiro atoms. The number of ether oxygens (including phenoxy) is 1. The number of carbonyl (C=O) groups excluding carboxylic acids is 1. The highest BCUT2D eigenvalue weighted by Gasteiger charge is 2.33. The summed E-state index contributed by atoms with van der Waals surface area (Å²) in [4.78, 5) is 12.0. The Bertz CT molecular complexity index is 514. The highest BCUT2D eigenvalue weighted by atomic mass is 35.5. The van der Waals surface area contributed by atoms with Gasteiger partial charge in [-0.1, -0.05) is 0 Å². The van der Waals surface area contributed by atoms with Gasteiger partial charge in [0.1, 0.15) is 11.6 Å². The first kappa shape index (κ1) is 19.0. The van der Waals surface area contributed by atoms with Gasteiger partial charge in [-0.3, -0.25) is 4.79 Å². The third-order valence-electron chi connectivity index (χ3n) is 4.77. The van der Waals surface area contributed by atoms with Crippen molar-refractivity contribution in [3.8, 4) is 5.75 Å². The van der Waals surface area contributed by atoms with Gasteiger partial charge in [0.25, 0.3) is 0 Å². The van der Waals surface area contributed by atoms with E-state index >= 15 is 0 Å². The van der Waals surface area contributed by atoms with E-state index in [0.717, 1.165) is 19.3 Å². The summed E-state index contributed by atoms with van der Waals surface area (Å²) in [5.41, 5.74) is 0. The van der Waals surface area contributed by atoms with Gasteiger partial charge < -0.3 is 15.4 Å². The van der Waals surface area contributed by atoms with E-state index in [0.29, 0.717) is 43.3 Å². The van der Waals surface area contributed by atoms with Gasteiger partial charge in [0.05, 0.1) is 6.61 Å². The fourth-order valence-corrected chi connectivity index (χ4v) is 3.70. The smallest absolute Gasteiger partial charge is 0.220 e. The minimum absolute atomic E-state index is 0. The van der Waals surface area contributed by atoms with Crippen LogP contribution in [-0.2, 0) is 4.79 Å². The maximum Gasteiger partial charge on any atom is 0.220 e. The number of hydrogen-bond acceptors (Lipinski definition) is 3. The van der Waals surface area contributed by atoms with Crippen LogP contribution in [0.15, 0.2) is 24.3 Å². The Kier molecular flexibility index (Phi) is 7.31. The van der Waals surface area contributed by atoms with Crippen molar-refractivity contribution in [3.63, 3.8) is 0 Å². The average Bonchev–Trinajstić information content (AvgIpc) is 2.87. The van der Waals surface area contributed by atoms with Crippen LogP contribution in [0.25, 0.3) is 0 Å². The predicted octanol–water partition coefficient (Wildman–Crippen LogP) is 3.05. The molecular formula is C18H26ClFN2O2. The molecule has 2 bridgehead atoms. The summed E-state index contributed by atoms with van der Waals surface area (Å²) in [6.07, 6.45) is 6.20. The Morgan fingerprint density at radius 3 is 2.54 bits per heavy atom. The maximum absolute atomic E-state index is 12.8. The molecule has 3 rings (SSSR count). The molecule has 6 heteroatoms. The Hall–Kier alpha value is -1.33. The molecule has 2 fully saturated rings. The molecule has 4 nitrogen and oxygen atoms in total. The topological polar surface area (TPSA) is 50.4 Å². The molecular weight excluding hydrogens is 331 g/mol. The third kappa shape index (κ3) is 5.64. The van der Waals surface area contributed by atoms with E-state index in [1.807, 2.05) is 0 Å². The first-order chi connectivity index (χ1) is 11.2. The first-order valence-electron chi connectivity index (χ1n) is 8.60. The monoisotopic (exact) mass is 356 g/mol. The number of amides is 1. The number of carbonyl (C=O) groups is 1. The van der Waals surface area contributed by atoms with E-state index in [1.165, 1.54) is 25.0 Å². The number of nitrogens with one attached hydrogen (secondary N) is 2. The molecule has 1 aromatic rings. The van der Waals surface area contributed by atoms with Crippen LogP contribution in [0.5, 0.6) is 5.75 Å². The SMILES string of the molecule is Cl.O=C(CC1CC2CCC(C1)N2)NCCCOc1ccc(F)cc1. The number of benzene rings is 1. The molecule has 0 aliphatic carbocycles. The van der Waals surface area contributed by atoms with Crippen molar-refractivity contribution in [1.29, 1.82) is 0 Å². The molecule has 0 radical (unpaired) electrons. The predicted molar refractivity (Wildman–Crippen MR) is 94.1 cm³/mol. The number of fused-ring (bicyclic) bond motifs is 2. The number of piperidine rings is 1. The zero-order chi connectivity index (χ0) is 16.1. The van der Waals surface area contributed by atoms with Gasteiger partial charge in [-0.15, -0.1) is 12.4 Å². The fourth-order valence-electron chi connectivity index (χ4n) is 3.70. The standard InChI is InChI=1S/C18H25FN2O2.ClH/c19-14-2-6-17(7-3-14)23-9-1-8-20-18(22)12-13-10-15-4-5-16(11-13)21-15;/h2-3,6-7,13,15-16,21H,1,4-5,8-12H2,(H,20,22);1H. The Morgan fingerprint density at radius 1 is 1.21 bits per heavy atom. The largest absolute Gasteiger partial charge is 0.494 e. The van der Waals surface area contributed by atoms with Gasteiger partial charge in [-0.2, -0.15) is 0 Å². The molecule has 2 aliphatic rings. The summed E-state index contributed by atoms with van der Waals surface area (Å²) < 4.78 is 18.3. The Morgan fingerprint density at radius 2 is 1.88 bits per heavy atom. The molecule has 24 heavy (non-hydrogen) atoms. The summed E-state index contributed by atoms with van der Waals surface area (Å²) in [7, 11) is 0. The van der Waals surface area contributed by atoms with Crippen molar-refractivity contribution in [3.05, 3.63) is 30.1 Å². The van der Waals surface area contributed by atoms with Crippen LogP contribution in [-0.4, -0.2) is 31.1 Å². The quantitative estimate of drug-likeness (QED) is 0.738. The lowest BCUT2D eigenvalue weighted by atomic mass is 9.89. The molecule has 2 atom stereocenters. The molecule has 2 aliphatic heterocycles. The van der Waals surface area contributed by atoms with E-state index < -0.39 is 0 Å². The molecule has 0 saturated carbocycles. The maximum atomic E-state index is 12.8. The van der Waals surface area contributed by atoms with E-state index in [-0.39, 0.29) is 24.1 Å². The van der Waals surface area contributed by atoms with E-state index in [2.05, 4.69) is 10.6 Å². The second-order valence-electron chi connectivity index (χ2n) is 6.69.